The molecule has 0 bridgehead atoms. The number of likely N-dealkylation sites (N-methyl/N-ethyl adjacent to an activating group) is 1. The van der Waals surface area contributed by atoms with Gasteiger partial charge in [0.1, 0.15) is 40.9 Å². The molecule has 1 aliphatic heterocycles. The normalized spacial score (nSPS) is 15.9. The van der Waals surface area contributed by atoms with Crippen LogP contribution in [-0.4, -0.2) is 62.5 Å². The number of para-hydroxylation sites is 1. The van der Waals surface area contributed by atoms with Gasteiger partial charge < -0.3 is 24.8 Å². The molecule has 0 aliphatic carbocycles. The summed E-state index contributed by atoms with van der Waals surface area (Å²) in [7, 11) is 3.86. The summed E-state index contributed by atoms with van der Waals surface area (Å²) < 4.78 is 8.01. The van der Waals surface area contributed by atoms with Crippen LogP contribution in [0.15, 0.2) is 78.8 Å². The Morgan fingerprint density at radius 3 is 2.54 bits per heavy atom. The minimum Gasteiger partial charge on any atom is -0.457 e. The maximum absolute atomic E-state index is 13.5. The van der Waals surface area contributed by atoms with Gasteiger partial charge in [0.25, 0.3) is 5.91 Å². The Hall–Kier alpha value is -4.68. The molecule has 2 aromatic heterocycles. The van der Waals surface area contributed by atoms with Crippen molar-refractivity contribution in [2.75, 3.05) is 26.4 Å². The van der Waals surface area contributed by atoms with Crippen LogP contribution in [0.5, 0.6) is 11.5 Å². The highest BCUT2D eigenvalue weighted by Gasteiger charge is 2.33. The van der Waals surface area contributed by atoms with E-state index in [0.717, 1.165) is 40.9 Å². The molecule has 0 radical (unpaired) electrons. The van der Waals surface area contributed by atoms with E-state index in [9.17, 15) is 10.1 Å². The molecule has 41 heavy (non-hydrogen) atoms. The van der Waals surface area contributed by atoms with E-state index in [1.807, 2.05) is 103 Å². The average molecular weight is 550 g/mol. The Morgan fingerprint density at radius 1 is 1.15 bits per heavy atom. The van der Waals surface area contributed by atoms with Crippen LogP contribution in [0, 0.1) is 11.3 Å². The van der Waals surface area contributed by atoms with Gasteiger partial charge in [-0.3, -0.25) is 4.79 Å². The number of carbonyl (C=O) groups is 1. The summed E-state index contributed by atoms with van der Waals surface area (Å²) in [5.41, 5.74) is 8.67. The van der Waals surface area contributed by atoms with Crippen molar-refractivity contribution < 1.29 is 9.53 Å². The highest BCUT2D eigenvalue weighted by Crippen LogP contribution is 2.35. The summed E-state index contributed by atoms with van der Waals surface area (Å²) in [5, 5.41) is 10.6. The summed E-state index contributed by atoms with van der Waals surface area (Å²) in [6.45, 7) is 5.11. The third-order valence-corrected chi connectivity index (χ3v) is 7.87. The highest BCUT2D eigenvalue weighted by atomic mass is 16.5. The molecule has 1 amide bonds. The van der Waals surface area contributed by atoms with Crippen LogP contribution in [0.2, 0.25) is 0 Å². The van der Waals surface area contributed by atoms with Crippen LogP contribution < -0.4 is 10.5 Å². The van der Waals surface area contributed by atoms with E-state index in [2.05, 4.69) is 16.0 Å². The Balaban J connectivity index is 1.43. The molecule has 0 unspecified atom stereocenters. The lowest BCUT2D eigenvalue weighted by molar-refractivity contribution is -0.127. The molecule has 5 rings (SSSR count). The largest absolute Gasteiger partial charge is 0.457 e. The summed E-state index contributed by atoms with van der Waals surface area (Å²) in [5.74, 6) is 1.66. The molecule has 9 nitrogen and oxygen atoms in total. The number of amides is 1. The predicted molar refractivity (Wildman–Crippen MR) is 160 cm³/mol. The number of nitrogens with zero attached hydrogens (tertiary/aromatic N) is 6. The van der Waals surface area contributed by atoms with Gasteiger partial charge in [-0.15, -0.1) is 0 Å². The third-order valence-electron chi connectivity index (χ3n) is 7.87. The van der Waals surface area contributed by atoms with Gasteiger partial charge in [0.05, 0.1) is 11.4 Å². The maximum Gasteiger partial charge on any atom is 0.264 e. The highest BCUT2D eigenvalue weighted by molar-refractivity contribution is 6.01. The summed E-state index contributed by atoms with van der Waals surface area (Å²) in [6, 6.07) is 19.5. The number of ether oxygens (including phenoxy) is 1. The van der Waals surface area contributed by atoms with Crippen molar-refractivity contribution in [3.63, 3.8) is 0 Å². The van der Waals surface area contributed by atoms with Crippen molar-refractivity contribution in [2.45, 2.75) is 44.8 Å². The van der Waals surface area contributed by atoms with Crippen LogP contribution in [-0.2, 0) is 11.3 Å². The number of carbonyl (C=O) groups excluding carboxylic acids is 1. The zero-order chi connectivity index (χ0) is 29.1. The fourth-order valence-corrected chi connectivity index (χ4v) is 5.13. The molecule has 210 valence electrons. The summed E-state index contributed by atoms with van der Waals surface area (Å²) >= 11 is 0. The molecule has 1 fully saturated rings. The Labute approximate surface area is 240 Å². The Kier molecular flexibility index (Phi) is 7.77. The predicted octanol–water partition coefficient (Wildman–Crippen LogP) is 5.25. The lowest BCUT2D eigenvalue weighted by atomic mass is 9.99. The molecule has 1 saturated heterocycles. The molecule has 2 aromatic carbocycles. The van der Waals surface area contributed by atoms with Gasteiger partial charge in [-0.2, -0.15) is 5.26 Å². The average Bonchev–Trinajstić information content (AvgIpc) is 3.58. The topological polar surface area (TPSA) is 113 Å². The van der Waals surface area contributed by atoms with E-state index in [-0.39, 0.29) is 17.5 Å². The zero-order valence-corrected chi connectivity index (χ0v) is 23.9. The van der Waals surface area contributed by atoms with E-state index in [1.54, 1.807) is 6.08 Å². The van der Waals surface area contributed by atoms with Gasteiger partial charge in [-0.05, 0) is 76.7 Å². The first kappa shape index (κ1) is 27.9. The smallest absolute Gasteiger partial charge is 0.264 e. The van der Waals surface area contributed by atoms with Gasteiger partial charge in [0, 0.05) is 30.4 Å². The Morgan fingerprint density at radius 2 is 1.85 bits per heavy atom. The van der Waals surface area contributed by atoms with E-state index in [4.69, 9.17) is 10.5 Å². The number of anilines is 1. The molecule has 0 spiro atoms. The van der Waals surface area contributed by atoms with E-state index < -0.39 is 5.54 Å². The molecule has 4 aromatic rings. The lowest BCUT2D eigenvalue weighted by Crippen LogP contribution is -2.41. The van der Waals surface area contributed by atoms with Crippen molar-refractivity contribution in [1.82, 2.24) is 24.3 Å². The van der Waals surface area contributed by atoms with Gasteiger partial charge in [-0.25, -0.2) is 9.97 Å². The van der Waals surface area contributed by atoms with Crippen LogP contribution in [0.1, 0.15) is 26.7 Å². The number of aromatic nitrogens is 3. The van der Waals surface area contributed by atoms with Gasteiger partial charge in [0.2, 0.25) is 0 Å². The van der Waals surface area contributed by atoms with Crippen molar-refractivity contribution in [3.05, 3.63) is 78.8 Å². The summed E-state index contributed by atoms with van der Waals surface area (Å²) in [6.07, 6.45) is 6.96. The first-order valence-corrected chi connectivity index (χ1v) is 13.7. The van der Waals surface area contributed by atoms with Gasteiger partial charge >= 0.3 is 0 Å². The minimum atomic E-state index is -0.433. The van der Waals surface area contributed by atoms with Gasteiger partial charge in [-0.1, -0.05) is 30.3 Å². The van der Waals surface area contributed by atoms with Crippen LogP contribution in [0.3, 0.4) is 0 Å². The molecule has 0 saturated carbocycles. The molecule has 9 heteroatoms. The second-order valence-electron chi connectivity index (χ2n) is 11.1. The summed E-state index contributed by atoms with van der Waals surface area (Å²) in [4.78, 5) is 26.2. The molecule has 2 N–H and O–H groups in total. The SMILES string of the molecule is CN(C)C(C)(C)/C=C(/C#N)C(=O)N1CCC[C@@H]1Cn1cc(-c2ccc(Oc3ccccc3)cc2)c2c(N)ncnc21. The van der Waals surface area contributed by atoms with E-state index >= 15 is 0 Å². The molecular formula is C32H35N7O2. The molecule has 1 atom stereocenters. The number of likely N-dealkylation sites (tertiary alicyclic amines) is 1. The number of fused-ring (bicyclic) bond motifs is 1. The standard InChI is InChI=1S/C32H35N7O2/c1-32(2,37(3)4)17-23(18-33)31(40)39-16-8-9-24(39)19-38-20-27(28-29(34)35-21-36-30(28)38)22-12-14-26(15-13-22)41-25-10-6-5-7-11-25/h5-7,10-15,17,20-21,24H,8-9,16,19H2,1-4H3,(H2,34,35,36)/b23-17-/t24-/m1/s1. The first-order valence-electron chi connectivity index (χ1n) is 13.7. The number of benzene rings is 2. The monoisotopic (exact) mass is 549 g/mol. The first-order chi connectivity index (χ1) is 19.7. The fourth-order valence-electron chi connectivity index (χ4n) is 5.13. The van der Waals surface area contributed by atoms with Gasteiger partial charge in [0.15, 0.2) is 0 Å². The number of nitrogens with two attached hydrogens (primary N) is 1. The van der Waals surface area contributed by atoms with Crippen LogP contribution in [0.25, 0.3) is 22.2 Å². The second kappa shape index (κ2) is 11.4. The van der Waals surface area contributed by atoms with Crippen molar-refractivity contribution >= 4 is 22.8 Å². The number of nitrogen functional groups attached to an aromatic ring is 1. The van der Waals surface area contributed by atoms with E-state index in [1.165, 1.54) is 6.33 Å². The third kappa shape index (κ3) is 5.79. The number of nitriles is 1. The number of hydrogen-bond acceptors (Lipinski definition) is 7. The molecular weight excluding hydrogens is 514 g/mol. The number of rotatable bonds is 8. The van der Waals surface area contributed by atoms with Crippen LogP contribution >= 0.6 is 0 Å². The lowest BCUT2D eigenvalue weighted by Gasteiger charge is -2.30. The maximum atomic E-state index is 13.5. The molecule has 3 heterocycles. The zero-order valence-electron chi connectivity index (χ0n) is 23.9. The van der Waals surface area contributed by atoms with E-state index in [0.29, 0.717) is 24.6 Å². The molecule has 1 aliphatic rings. The van der Waals surface area contributed by atoms with Crippen molar-refractivity contribution in [2.24, 2.45) is 0 Å². The quantitative estimate of drug-likeness (QED) is 0.236. The minimum absolute atomic E-state index is 0.0805. The van der Waals surface area contributed by atoms with Crippen molar-refractivity contribution in [3.8, 4) is 28.7 Å². The Bertz CT molecular complexity index is 1620. The van der Waals surface area contributed by atoms with Crippen LogP contribution in [0.4, 0.5) is 5.82 Å². The fraction of sp³-hybridized carbons (Fsp3) is 0.312. The second-order valence-corrected chi connectivity index (χ2v) is 11.1. The van der Waals surface area contributed by atoms with Crippen molar-refractivity contribution in [1.29, 1.82) is 5.26 Å². The number of hydrogen-bond donors (Lipinski definition) is 1.